The minimum absolute atomic E-state index is 0.281. The highest BCUT2D eigenvalue weighted by Gasteiger charge is 2.11. The molecule has 5 heteroatoms. The van der Waals surface area contributed by atoms with Crippen LogP contribution in [-0.2, 0) is 25.7 Å². The van der Waals surface area contributed by atoms with E-state index < -0.39 is 11.6 Å². The van der Waals surface area contributed by atoms with Gasteiger partial charge in [0.2, 0.25) is 0 Å². The van der Waals surface area contributed by atoms with Crippen molar-refractivity contribution in [3.63, 3.8) is 0 Å². The van der Waals surface area contributed by atoms with E-state index in [1.54, 1.807) is 24.3 Å². The molecule has 0 aliphatic carbocycles. The van der Waals surface area contributed by atoms with Crippen LogP contribution < -0.4 is 4.74 Å². The standard InChI is InChI=1S/C30H28F4O/c1-2-3-16-35-25-13-12-22(28(32)19-25)8-4-20-6-14-26-24(17-20)11-10-23(30(26)34)9-5-21-7-15-27(31)29(33)18-21/h6-7,10-15,17-19H,2-5,8-9,16H2,1H3. The lowest BCUT2D eigenvalue weighted by Crippen LogP contribution is -2.00. The van der Waals surface area contributed by atoms with Gasteiger partial charge in [-0.1, -0.05) is 55.8 Å². The first kappa shape index (κ1) is 24.8. The van der Waals surface area contributed by atoms with Gasteiger partial charge in [-0.2, -0.15) is 0 Å². The number of ether oxygens (including phenoxy) is 1. The second-order valence-electron chi connectivity index (χ2n) is 8.80. The molecule has 0 atom stereocenters. The number of hydrogen-bond acceptors (Lipinski definition) is 1. The van der Waals surface area contributed by atoms with Crippen LogP contribution >= 0.6 is 0 Å². The van der Waals surface area contributed by atoms with Gasteiger partial charge in [0.15, 0.2) is 11.6 Å². The summed E-state index contributed by atoms with van der Waals surface area (Å²) in [5.41, 5.74) is 2.76. The molecule has 0 amide bonds. The third kappa shape index (κ3) is 6.21. The van der Waals surface area contributed by atoms with Crippen LogP contribution in [0.3, 0.4) is 0 Å². The fraction of sp³-hybridized carbons (Fsp3) is 0.267. The van der Waals surface area contributed by atoms with Gasteiger partial charge < -0.3 is 4.74 Å². The molecule has 4 rings (SSSR count). The highest BCUT2D eigenvalue weighted by Crippen LogP contribution is 2.25. The van der Waals surface area contributed by atoms with Crippen LogP contribution in [0.5, 0.6) is 5.75 Å². The molecule has 35 heavy (non-hydrogen) atoms. The maximum Gasteiger partial charge on any atom is 0.159 e. The third-order valence-electron chi connectivity index (χ3n) is 6.24. The van der Waals surface area contributed by atoms with E-state index in [1.165, 1.54) is 12.1 Å². The monoisotopic (exact) mass is 480 g/mol. The first-order chi connectivity index (χ1) is 16.9. The summed E-state index contributed by atoms with van der Waals surface area (Å²) in [6.07, 6.45) is 3.90. The lowest BCUT2D eigenvalue weighted by atomic mass is 9.97. The first-order valence-electron chi connectivity index (χ1n) is 12.0. The summed E-state index contributed by atoms with van der Waals surface area (Å²) in [6, 6.07) is 17.9. The van der Waals surface area contributed by atoms with Gasteiger partial charge in [-0.25, -0.2) is 17.6 Å². The summed E-state index contributed by atoms with van der Waals surface area (Å²) in [6.45, 7) is 2.65. The number of fused-ring (bicyclic) bond motifs is 1. The maximum absolute atomic E-state index is 15.1. The van der Waals surface area contributed by atoms with Crippen LogP contribution in [0, 0.1) is 23.3 Å². The minimum atomic E-state index is -0.898. The molecule has 0 aliphatic heterocycles. The SMILES string of the molecule is CCCCOc1ccc(CCc2ccc3c(F)c(CCc4ccc(F)c(F)c4)ccc3c2)c(F)c1. The van der Waals surface area contributed by atoms with E-state index >= 15 is 4.39 Å². The van der Waals surface area contributed by atoms with Gasteiger partial charge in [-0.05, 0) is 77.9 Å². The van der Waals surface area contributed by atoms with Crippen molar-refractivity contribution in [3.8, 4) is 5.75 Å². The summed E-state index contributed by atoms with van der Waals surface area (Å²) in [4.78, 5) is 0. The highest BCUT2D eigenvalue weighted by atomic mass is 19.2. The molecule has 182 valence electrons. The smallest absolute Gasteiger partial charge is 0.159 e. The Morgan fingerprint density at radius 2 is 1.34 bits per heavy atom. The van der Waals surface area contributed by atoms with Crippen molar-refractivity contribution in [2.75, 3.05) is 6.61 Å². The van der Waals surface area contributed by atoms with Gasteiger partial charge in [0.1, 0.15) is 17.4 Å². The van der Waals surface area contributed by atoms with Crippen molar-refractivity contribution in [3.05, 3.63) is 112 Å². The van der Waals surface area contributed by atoms with Gasteiger partial charge >= 0.3 is 0 Å². The Hall–Kier alpha value is -3.34. The Morgan fingerprint density at radius 1 is 0.629 bits per heavy atom. The van der Waals surface area contributed by atoms with Crippen LogP contribution in [0.25, 0.3) is 10.8 Å². The van der Waals surface area contributed by atoms with E-state index in [2.05, 4.69) is 6.92 Å². The topological polar surface area (TPSA) is 9.23 Å². The molecule has 0 unspecified atom stereocenters. The fourth-order valence-corrected chi connectivity index (χ4v) is 4.14. The van der Waals surface area contributed by atoms with Crippen LogP contribution in [0.2, 0.25) is 0 Å². The van der Waals surface area contributed by atoms with Gasteiger partial charge in [-0.15, -0.1) is 0 Å². The Bertz CT molecular complexity index is 1320. The average molecular weight is 481 g/mol. The quantitative estimate of drug-likeness (QED) is 0.164. The summed E-state index contributed by atoms with van der Waals surface area (Å²) in [5, 5.41) is 1.29. The molecule has 0 heterocycles. The van der Waals surface area contributed by atoms with E-state index in [4.69, 9.17) is 4.74 Å². The van der Waals surface area contributed by atoms with Crippen molar-refractivity contribution in [1.29, 1.82) is 0 Å². The Balaban J connectivity index is 1.41. The number of rotatable bonds is 10. The van der Waals surface area contributed by atoms with Crippen molar-refractivity contribution in [2.24, 2.45) is 0 Å². The molecule has 0 bridgehead atoms. The lowest BCUT2D eigenvalue weighted by Gasteiger charge is -2.10. The molecule has 0 aliphatic rings. The fourth-order valence-electron chi connectivity index (χ4n) is 4.14. The molecular formula is C30H28F4O. The summed E-state index contributed by atoms with van der Waals surface area (Å²) < 4.78 is 61.7. The summed E-state index contributed by atoms with van der Waals surface area (Å²) in [5.74, 6) is -1.83. The predicted octanol–water partition coefficient (Wildman–Crippen LogP) is 8.15. The van der Waals surface area contributed by atoms with Gasteiger partial charge in [0.05, 0.1) is 6.61 Å². The van der Waals surface area contributed by atoms with Crippen molar-refractivity contribution >= 4 is 10.8 Å². The van der Waals surface area contributed by atoms with Crippen LogP contribution in [0.1, 0.15) is 42.0 Å². The van der Waals surface area contributed by atoms with Crippen LogP contribution in [0.4, 0.5) is 17.6 Å². The zero-order valence-corrected chi connectivity index (χ0v) is 19.7. The van der Waals surface area contributed by atoms with E-state index in [1.807, 2.05) is 18.2 Å². The number of benzene rings is 4. The zero-order chi connectivity index (χ0) is 24.8. The minimum Gasteiger partial charge on any atom is -0.493 e. The normalized spacial score (nSPS) is 11.2. The third-order valence-corrected chi connectivity index (χ3v) is 6.24. The molecule has 0 saturated heterocycles. The predicted molar refractivity (Wildman–Crippen MR) is 132 cm³/mol. The highest BCUT2D eigenvalue weighted by molar-refractivity contribution is 5.84. The molecular weight excluding hydrogens is 452 g/mol. The van der Waals surface area contributed by atoms with Crippen molar-refractivity contribution in [2.45, 2.75) is 45.4 Å². The second-order valence-corrected chi connectivity index (χ2v) is 8.80. The summed E-state index contributed by atoms with van der Waals surface area (Å²) >= 11 is 0. The molecule has 0 saturated carbocycles. The maximum atomic E-state index is 15.1. The average Bonchev–Trinajstić information content (AvgIpc) is 2.85. The molecule has 4 aromatic rings. The lowest BCUT2D eigenvalue weighted by molar-refractivity contribution is 0.307. The van der Waals surface area contributed by atoms with Crippen LogP contribution in [-0.4, -0.2) is 6.61 Å². The molecule has 1 nitrogen and oxygen atoms in total. The molecule has 4 aromatic carbocycles. The van der Waals surface area contributed by atoms with Crippen LogP contribution in [0.15, 0.2) is 66.7 Å². The Kier molecular flexibility index (Phi) is 8.06. The van der Waals surface area contributed by atoms with Crippen molar-refractivity contribution in [1.82, 2.24) is 0 Å². The number of unbranched alkanes of at least 4 members (excludes halogenated alkanes) is 1. The molecule has 0 spiro atoms. The molecule has 0 radical (unpaired) electrons. The van der Waals surface area contributed by atoms with E-state index in [-0.39, 0.29) is 11.6 Å². The van der Waals surface area contributed by atoms with Gasteiger partial charge in [0.25, 0.3) is 0 Å². The van der Waals surface area contributed by atoms with E-state index in [0.29, 0.717) is 60.1 Å². The van der Waals surface area contributed by atoms with E-state index in [0.717, 1.165) is 35.9 Å². The Labute approximate surface area is 203 Å². The number of aryl methyl sites for hydroxylation is 4. The zero-order valence-electron chi connectivity index (χ0n) is 19.7. The summed E-state index contributed by atoms with van der Waals surface area (Å²) in [7, 11) is 0. The molecule has 0 aromatic heterocycles. The Morgan fingerprint density at radius 3 is 2.09 bits per heavy atom. The van der Waals surface area contributed by atoms with Crippen molar-refractivity contribution < 1.29 is 22.3 Å². The van der Waals surface area contributed by atoms with E-state index in [9.17, 15) is 13.2 Å². The molecule has 0 N–H and O–H groups in total. The largest absolute Gasteiger partial charge is 0.493 e. The number of halogens is 4. The van der Waals surface area contributed by atoms with Gasteiger partial charge in [-0.3, -0.25) is 0 Å². The van der Waals surface area contributed by atoms with Gasteiger partial charge in [0, 0.05) is 11.5 Å². The second kappa shape index (κ2) is 11.4. The molecule has 0 fully saturated rings. The first-order valence-corrected chi connectivity index (χ1v) is 12.0. The number of hydrogen-bond donors (Lipinski definition) is 0.